The van der Waals surface area contributed by atoms with Gasteiger partial charge in [0.1, 0.15) is 18.2 Å². The van der Waals surface area contributed by atoms with Gasteiger partial charge in [-0.1, -0.05) is 18.2 Å². The first-order chi connectivity index (χ1) is 8.81. The van der Waals surface area contributed by atoms with E-state index in [9.17, 15) is 0 Å². The number of hydrogen-bond donors (Lipinski definition) is 3. The fourth-order valence-corrected chi connectivity index (χ4v) is 1.50. The van der Waals surface area contributed by atoms with Crippen molar-refractivity contribution in [1.82, 2.24) is 4.98 Å². The molecule has 5 nitrogen and oxygen atoms in total. The zero-order chi connectivity index (χ0) is 12.8. The molecule has 0 spiro atoms. The molecule has 2 rings (SSSR count). The van der Waals surface area contributed by atoms with E-state index in [1.807, 2.05) is 30.3 Å². The molecule has 4 N–H and O–H groups in total. The number of nitrogen functional groups attached to an aromatic ring is 1. The zero-order valence-electron chi connectivity index (χ0n) is 9.84. The molecule has 0 atom stereocenters. The number of anilines is 1. The summed E-state index contributed by atoms with van der Waals surface area (Å²) in [6, 6.07) is 11.0. The molecule has 0 bridgehead atoms. The molecular formula is C13H15N3O2. The van der Waals surface area contributed by atoms with Crippen molar-refractivity contribution in [3.63, 3.8) is 0 Å². The minimum atomic E-state index is 0.00955. The van der Waals surface area contributed by atoms with Gasteiger partial charge in [-0.15, -0.1) is 0 Å². The Balaban J connectivity index is 1.97. The Morgan fingerprint density at radius 1 is 1.22 bits per heavy atom. The average molecular weight is 245 g/mol. The van der Waals surface area contributed by atoms with E-state index in [0.717, 1.165) is 16.9 Å². The summed E-state index contributed by atoms with van der Waals surface area (Å²) in [5.74, 6) is 6.57. The Labute approximate surface area is 105 Å². The van der Waals surface area contributed by atoms with Gasteiger partial charge in [0.2, 0.25) is 0 Å². The molecule has 0 aliphatic rings. The van der Waals surface area contributed by atoms with Crippen LogP contribution in [0.3, 0.4) is 0 Å². The Kier molecular flexibility index (Phi) is 4.11. The van der Waals surface area contributed by atoms with Gasteiger partial charge in [0.25, 0.3) is 0 Å². The normalized spacial score (nSPS) is 10.1. The van der Waals surface area contributed by atoms with Gasteiger partial charge in [-0.2, -0.15) is 0 Å². The quantitative estimate of drug-likeness (QED) is 0.548. The van der Waals surface area contributed by atoms with Crippen molar-refractivity contribution in [2.75, 3.05) is 5.43 Å². The van der Waals surface area contributed by atoms with Crippen LogP contribution in [0.15, 0.2) is 42.6 Å². The molecule has 0 amide bonds. The predicted octanol–water partition coefficient (Wildman–Crippen LogP) is 1.44. The molecule has 94 valence electrons. The Hall–Kier alpha value is -2.11. The van der Waals surface area contributed by atoms with E-state index >= 15 is 0 Å². The molecule has 0 saturated carbocycles. The lowest BCUT2D eigenvalue weighted by Gasteiger charge is -2.07. The largest absolute Gasteiger partial charge is 0.489 e. The second-order valence-corrected chi connectivity index (χ2v) is 3.79. The zero-order valence-corrected chi connectivity index (χ0v) is 9.84. The molecule has 0 fully saturated rings. The van der Waals surface area contributed by atoms with Crippen molar-refractivity contribution >= 4 is 5.82 Å². The van der Waals surface area contributed by atoms with Crippen LogP contribution in [0.1, 0.15) is 11.1 Å². The first-order valence-corrected chi connectivity index (χ1v) is 5.56. The predicted molar refractivity (Wildman–Crippen MR) is 68.7 cm³/mol. The Morgan fingerprint density at radius 3 is 2.78 bits per heavy atom. The van der Waals surface area contributed by atoms with Gasteiger partial charge >= 0.3 is 0 Å². The first kappa shape index (κ1) is 12.3. The van der Waals surface area contributed by atoms with Gasteiger partial charge in [-0.05, 0) is 23.8 Å². The number of nitrogens with two attached hydrogens (primary N) is 1. The minimum Gasteiger partial charge on any atom is -0.489 e. The maximum atomic E-state index is 9.02. The number of aromatic nitrogens is 1. The van der Waals surface area contributed by atoms with Crippen LogP contribution in [0, 0.1) is 0 Å². The summed E-state index contributed by atoms with van der Waals surface area (Å²) in [6.45, 7) is 0.433. The fraction of sp³-hybridized carbons (Fsp3) is 0.154. The fourth-order valence-electron chi connectivity index (χ4n) is 1.50. The van der Waals surface area contributed by atoms with Crippen molar-refractivity contribution in [2.24, 2.45) is 5.84 Å². The molecule has 1 aromatic heterocycles. The van der Waals surface area contributed by atoms with E-state index in [0.29, 0.717) is 12.4 Å². The summed E-state index contributed by atoms with van der Waals surface area (Å²) >= 11 is 0. The van der Waals surface area contributed by atoms with Gasteiger partial charge in [0, 0.05) is 11.8 Å². The summed E-state index contributed by atoms with van der Waals surface area (Å²) in [4.78, 5) is 4.09. The lowest BCUT2D eigenvalue weighted by molar-refractivity contribution is 0.278. The third-order valence-corrected chi connectivity index (χ3v) is 2.46. The van der Waals surface area contributed by atoms with Gasteiger partial charge in [0.15, 0.2) is 0 Å². The molecule has 5 heteroatoms. The summed E-state index contributed by atoms with van der Waals surface area (Å²) < 4.78 is 5.61. The van der Waals surface area contributed by atoms with Gasteiger partial charge in [-0.25, -0.2) is 10.8 Å². The number of rotatable bonds is 5. The number of aliphatic hydroxyl groups is 1. The van der Waals surface area contributed by atoms with Crippen LogP contribution in [0.5, 0.6) is 5.75 Å². The SMILES string of the molecule is NNc1ccc(COc2cccc(CO)c2)cn1. The molecule has 0 unspecified atom stereocenters. The monoisotopic (exact) mass is 245 g/mol. The number of ether oxygens (including phenoxy) is 1. The molecule has 0 aliphatic heterocycles. The smallest absolute Gasteiger partial charge is 0.139 e. The Bertz CT molecular complexity index is 500. The van der Waals surface area contributed by atoms with E-state index in [1.54, 1.807) is 12.3 Å². The number of pyridine rings is 1. The number of benzene rings is 1. The molecule has 0 radical (unpaired) electrons. The maximum absolute atomic E-state index is 9.02. The highest BCUT2D eigenvalue weighted by atomic mass is 16.5. The van der Waals surface area contributed by atoms with Crippen LogP contribution in [0.2, 0.25) is 0 Å². The molecule has 1 aromatic carbocycles. The lowest BCUT2D eigenvalue weighted by Crippen LogP contribution is -2.08. The molecule has 0 saturated heterocycles. The second kappa shape index (κ2) is 6.00. The third kappa shape index (κ3) is 3.19. The third-order valence-electron chi connectivity index (χ3n) is 2.46. The van der Waals surface area contributed by atoms with Gasteiger partial charge in [-0.3, -0.25) is 0 Å². The van der Waals surface area contributed by atoms with Crippen molar-refractivity contribution < 1.29 is 9.84 Å². The molecule has 2 aromatic rings. The number of hydrazine groups is 1. The highest BCUT2D eigenvalue weighted by molar-refractivity contribution is 5.34. The average Bonchev–Trinajstić information content (AvgIpc) is 2.46. The standard InChI is InChI=1S/C13H15N3O2/c14-16-13-5-4-11(7-15-13)9-18-12-3-1-2-10(6-12)8-17/h1-7,17H,8-9,14H2,(H,15,16). The molecule has 0 aliphatic carbocycles. The highest BCUT2D eigenvalue weighted by Crippen LogP contribution is 2.15. The van der Waals surface area contributed by atoms with Crippen molar-refractivity contribution in [2.45, 2.75) is 13.2 Å². The lowest BCUT2D eigenvalue weighted by atomic mass is 10.2. The summed E-state index contributed by atoms with van der Waals surface area (Å²) in [5, 5.41) is 9.02. The van der Waals surface area contributed by atoms with Crippen LogP contribution in [-0.4, -0.2) is 10.1 Å². The summed E-state index contributed by atoms with van der Waals surface area (Å²) in [7, 11) is 0. The van der Waals surface area contributed by atoms with E-state index in [2.05, 4.69) is 10.4 Å². The van der Waals surface area contributed by atoms with Crippen LogP contribution in [0.4, 0.5) is 5.82 Å². The van der Waals surface area contributed by atoms with Crippen LogP contribution in [-0.2, 0) is 13.2 Å². The summed E-state index contributed by atoms with van der Waals surface area (Å²) in [5.41, 5.74) is 4.24. The number of nitrogens with one attached hydrogen (secondary N) is 1. The number of hydrogen-bond acceptors (Lipinski definition) is 5. The first-order valence-electron chi connectivity index (χ1n) is 5.56. The minimum absolute atomic E-state index is 0.00955. The van der Waals surface area contributed by atoms with E-state index in [-0.39, 0.29) is 6.61 Å². The van der Waals surface area contributed by atoms with Crippen LogP contribution >= 0.6 is 0 Å². The van der Waals surface area contributed by atoms with Gasteiger partial charge < -0.3 is 15.3 Å². The van der Waals surface area contributed by atoms with Crippen molar-refractivity contribution in [3.05, 3.63) is 53.7 Å². The second-order valence-electron chi connectivity index (χ2n) is 3.79. The molecular weight excluding hydrogens is 230 g/mol. The van der Waals surface area contributed by atoms with E-state index < -0.39 is 0 Å². The molecule has 1 heterocycles. The number of aliphatic hydroxyl groups excluding tert-OH is 1. The summed E-state index contributed by atoms with van der Waals surface area (Å²) in [6.07, 6.45) is 1.70. The van der Waals surface area contributed by atoms with E-state index in [1.165, 1.54) is 0 Å². The highest BCUT2D eigenvalue weighted by Gasteiger charge is 1.98. The molecule has 18 heavy (non-hydrogen) atoms. The van der Waals surface area contributed by atoms with Crippen LogP contribution in [0.25, 0.3) is 0 Å². The van der Waals surface area contributed by atoms with Crippen LogP contribution < -0.4 is 16.0 Å². The van der Waals surface area contributed by atoms with Gasteiger partial charge in [0.05, 0.1) is 6.61 Å². The maximum Gasteiger partial charge on any atom is 0.139 e. The van der Waals surface area contributed by atoms with E-state index in [4.69, 9.17) is 15.7 Å². The topological polar surface area (TPSA) is 80.4 Å². The van der Waals surface area contributed by atoms with Crippen molar-refractivity contribution in [3.8, 4) is 5.75 Å². The Morgan fingerprint density at radius 2 is 2.11 bits per heavy atom. The number of nitrogens with zero attached hydrogens (tertiary/aromatic N) is 1. The van der Waals surface area contributed by atoms with Crippen molar-refractivity contribution in [1.29, 1.82) is 0 Å².